The van der Waals surface area contributed by atoms with Crippen LogP contribution in [0.1, 0.15) is 65.7 Å². The summed E-state index contributed by atoms with van der Waals surface area (Å²) in [5.41, 5.74) is 2.50. The van der Waals surface area contributed by atoms with Gasteiger partial charge in [0.05, 0.1) is 5.92 Å². The van der Waals surface area contributed by atoms with Crippen LogP contribution in [-0.4, -0.2) is 45.7 Å². The van der Waals surface area contributed by atoms with Crippen LogP contribution in [0.25, 0.3) is 0 Å². The molecule has 6 nitrogen and oxygen atoms in total. The number of Topliss-reactive ketones (excluding diaryl/α,β-unsaturated/α-hetero) is 1. The van der Waals surface area contributed by atoms with Crippen LogP contribution in [0.3, 0.4) is 0 Å². The average molecular weight is 334 g/mol. The third-order valence-electron chi connectivity index (χ3n) is 4.65. The Morgan fingerprint density at radius 3 is 2.50 bits per heavy atom. The lowest BCUT2D eigenvalue weighted by Gasteiger charge is -2.34. The number of aliphatic carboxylic acids is 1. The molecular formula is C18H26N2O4. The van der Waals surface area contributed by atoms with E-state index in [2.05, 4.69) is 4.98 Å². The molecule has 0 saturated carbocycles. The van der Waals surface area contributed by atoms with Gasteiger partial charge in [-0.25, -0.2) is 0 Å². The summed E-state index contributed by atoms with van der Waals surface area (Å²) in [5.74, 6) is -1.51. The third kappa shape index (κ3) is 3.52. The van der Waals surface area contributed by atoms with Crippen LogP contribution in [0.15, 0.2) is 0 Å². The monoisotopic (exact) mass is 334 g/mol. The Bertz CT molecular complexity index is 662. The van der Waals surface area contributed by atoms with Crippen LogP contribution < -0.4 is 0 Å². The lowest BCUT2D eigenvalue weighted by molar-refractivity contribution is -0.143. The predicted octanol–water partition coefficient (Wildman–Crippen LogP) is 2.66. The number of aromatic nitrogens is 1. The fourth-order valence-electron chi connectivity index (χ4n) is 3.69. The minimum Gasteiger partial charge on any atom is -0.481 e. The molecule has 1 aliphatic rings. The third-order valence-corrected chi connectivity index (χ3v) is 4.65. The van der Waals surface area contributed by atoms with Gasteiger partial charge in [0, 0.05) is 24.3 Å². The second kappa shape index (κ2) is 7.20. The zero-order valence-electron chi connectivity index (χ0n) is 14.8. The van der Waals surface area contributed by atoms with Crippen molar-refractivity contribution >= 4 is 17.7 Å². The van der Waals surface area contributed by atoms with Gasteiger partial charge in [0.15, 0.2) is 5.78 Å². The van der Waals surface area contributed by atoms with E-state index in [0.717, 1.165) is 12.0 Å². The largest absolute Gasteiger partial charge is 0.481 e. The van der Waals surface area contributed by atoms with Gasteiger partial charge in [-0.05, 0) is 38.2 Å². The maximum atomic E-state index is 13.0. The van der Waals surface area contributed by atoms with Crippen molar-refractivity contribution in [2.24, 2.45) is 11.8 Å². The van der Waals surface area contributed by atoms with Crippen molar-refractivity contribution in [2.45, 2.75) is 47.0 Å². The summed E-state index contributed by atoms with van der Waals surface area (Å²) in [4.78, 5) is 41.0. The summed E-state index contributed by atoms with van der Waals surface area (Å²) in [6.07, 6.45) is 2.06. The van der Waals surface area contributed by atoms with Gasteiger partial charge in [0.25, 0.3) is 5.91 Å². The molecule has 2 atom stereocenters. The fourth-order valence-corrected chi connectivity index (χ4v) is 3.69. The molecular weight excluding hydrogens is 308 g/mol. The molecule has 1 aliphatic heterocycles. The minimum atomic E-state index is -0.861. The van der Waals surface area contributed by atoms with Crippen LogP contribution >= 0.6 is 0 Å². The van der Waals surface area contributed by atoms with E-state index in [-0.39, 0.29) is 24.2 Å². The number of carbonyl (C=O) groups is 3. The van der Waals surface area contributed by atoms with Gasteiger partial charge in [-0.1, -0.05) is 20.3 Å². The second-order valence-electron chi connectivity index (χ2n) is 6.87. The molecule has 2 unspecified atom stereocenters. The Hall–Kier alpha value is -2.11. The summed E-state index contributed by atoms with van der Waals surface area (Å²) >= 11 is 0. The average Bonchev–Trinajstić information content (AvgIpc) is 2.82. The topological polar surface area (TPSA) is 90.5 Å². The first kappa shape index (κ1) is 18.2. The van der Waals surface area contributed by atoms with Crippen molar-refractivity contribution in [3.8, 4) is 0 Å². The highest BCUT2D eigenvalue weighted by atomic mass is 16.4. The van der Waals surface area contributed by atoms with Crippen LogP contribution in [0, 0.1) is 18.8 Å². The van der Waals surface area contributed by atoms with E-state index in [1.165, 1.54) is 6.92 Å². The number of nitrogens with zero attached hydrogens (tertiary/aromatic N) is 1. The van der Waals surface area contributed by atoms with Gasteiger partial charge >= 0.3 is 5.97 Å². The molecule has 2 heterocycles. The number of hydrogen-bond donors (Lipinski definition) is 2. The number of hydrogen-bond acceptors (Lipinski definition) is 3. The van der Waals surface area contributed by atoms with E-state index >= 15 is 0 Å². The Labute approximate surface area is 142 Å². The van der Waals surface area contributed by atoms with Crippen molar-refractivity contribution in [1.29, 1.82) is 0 Å². The summed E-state index contributed by atoms with van der Waals surface area (Å²) in [7, 11) is 0. The number of ketones is 1. The lowest BCUT2D eigenvalue weighted by atomic mass is 9.90. The number of aromatic amines is 1. The molecule has 2 N–H and O–H groups in total. The zero-order chi connectivity index (χ0) is 18.0. The Kier molecular flexibility index (Phi) is 5.47. The Morgan fingerprint density at radius 1 is 1.29 bits per heavy atom. The fraction of sp³-hybridized carbons (Fsp3) is 0.611. The number of carbonyl (C=O) groups excluding carboxylic acids is 2. The number of H-pyrrole nitrogens is 1. The number of carboxylic acids is 1. The van der Waals surface area contributed by atoms with Crippen molar-refractivity contribution in [1.82, 2.24) is 9.88 Å². The molecule has 132 valence electrons. The molecule has 1 fully saturated rings. The first-order valence-electron chi connectivity index (χ1n) is 8.50. The lowest BCUT2D eigenvalue weighted by Crippen LogP contribution is -2.45. The van der Waals surface area contributed by atoms with E-state index < -0.39 is 11.9 Å². The van der Waals surface area contributed by atoms with Gasteiger partial charge in [0.2, 0.25) is 0 Å². The number of carboxylic acid groups (broad SMARTS) is 1. The van der Waals surface area contributed by atoms with Crippen molar-refractivity contribution in [2.75, 3.05) is 13.1 Å². The van der Waals surface area contributed by atoms with Gasteiger partial charge in [0.1, 0.15) is 5.69 Å². The number of amides is 1. The Morgan fingerprint density at radius 2 is 1.96 bits per heavy atom. The Balaban J connectivity index is 2.37. The van der Waals surface area contributed by atoms with Crippen molar-refractivity contribution < 1.29 is 19.5 Å². The molecule has 0 aliphatic carbocycles. The highest BCUT2D eigenvalue weighted by molar-refractivity contribution is 6.02. The molecule has 0 radical (unpaired) electrons. The molecule has 0 spiro atoms. The number of likely N-dealkylation sites (tertiary alicyclic amines) is 1. The quantitative estimate of drug-likeness (QED) is 0.810. The van der Waals surface area contributed by atoms with E-state index in [1.54, 1.807) is 11.8 Å². The normalized spacial score (nSPS) is 20.9. The first-order valence-corrected chi connectivity index (χ1v) is 8.50. The molecule has 1 saturated heterocycles. The van der Waals surface area contributed by atoms with Crippen molar-refractivity contribution in [3.63, 3.8) is 0 Å². The zero-order valence-corrected chi connectivity index (χ0v) is 14.8. The van der Waals surface area contributed by atoms with Gasteiger partial charge < -0.3 is 15.0 Å². The van der Waals surface area contributed by atoms with Crippen LogP contribution in [-0.2, 0) is 11.2 Å². The maximum absolute atomic E-state index is 13.0. The standard InChI is InChI=1S/C18H26N2O4/c1-5-6-14-15(12(4)21)11(3)19-16(14)17(22)20-8-10(2)7-13(9-20)18(23)24/h10,13,19H,5-9H2,1-4H3,(H,23,24). The van der Waals surface area contributed by atoms with E-state index in [0.29, 0.717) is 36.3 Å². The SMILES string of the molecule is CCCc1c(C(=O)N2CC(C)CC(C(=O)O)C2)[nH]c(C)c1C(C)=O. The molecule has 2 rings (SSSR count). The smallest absolute Gasteiger partial charge is 0.308 e. The summed E-state index contributed by atoms with van der Waals surface area (Å²) < 4.78 is 0. The number of aryl methyl sites for hydroxylation is 1. The second-order valence-corrected chi connectivity index (χ2v) is 6.87. The number of piperidine rings is 1. The molecule has 6 heteroatoms. The molecule has 24 heavy (non-hydrogen) atoms. The molecule has 1 aromatic rings. The molecule has 0 aromatic carbocycles. The van der Waals surface area contributed by atoms with Crippen molar-refractivity contribution in [3.05, 3.63) is 22.5 Å². The van der Waals surface area contributed by atoms with E-state index in [4.69, 9.17) is 0 Å². The number of nitrogens with one attached hydrogen (secondary N) is 1. The van der Waals surface area contributed by atoms with E-state index in [9.17, 15) is 19.5 Å². The summed E-state index contributed by atoms with van der Waals surface area (Å²) in [5, 5.41) is 9.30. The number of rotatable bonds is 5. The van der Waals surface area contributed by atoms with Gasteiger partial charge in [-0.3, -0.25) is 14.4 Å². The molecule has 0 bridgehead atoms. The highest BCUT2D eigenvalue weighted by Crippen LogP contribution is 2.27. The highest BCUT2D eigenvalue weighted by Gasteiger charge is 2.34. The molecule has 1 amide bonds. The van der Waals surface area contributed by atoms with E-state index in [1.807, 2.05) is 13.8 Å². The van der Waals surface area contributed by atoms with Crippen LogP contribution in [0.2, 0.25) is 0 Å². The summed E-state index contributed by atoms with van der Waals surface area (Å²) in [6, 6.07) is 0. The first-order chi connectivity index (χ1) is 11.3. The minimum absolute atomic E-state index is 0.0540. The maximum Gasteiger partial charge on any atom is 0.308 e. The molecule has 1 aromatic heterocycles. The predicted molar refractivity (Wildman–Crippen MR) is 90.3 cm³/mol. The van der Waals surface area contributed by atoms with Gasteiger partial charge in [-0.2, -0.15) is 0 Å². The van der Waals surface area contributed by atoms with Crippen LogP contribution in [0.4, 0.5) is 0 Å². The summed E-state index contributed by atoms with van der Waals surface area (Å²) in [6.45, 7) is 8.03. The van der Waals surface area contributed by atoms with Gasteiger partial charge in [-0.15, -0.1) is 0 Å². The van der Waals surface area contributed by atoms with Crippen LogP contribution in [0.5, 0.6) is 0 Å².